The average Bonchev–Trinajstić information content (AvgIpc) is 3.09. The molecule has 3 N–H and O–H groups in total. The van der Waals surface area contributed by atoms with Crippen LogP contribution < -0.4 is 11.1 Å². The topological polar surface area (TPSA) is 98.5 Å². The molecule has 1 aromatic heterocycles. The van der Waals surface area contributed by atoms with Gasteiger partial charge in [-0.2, -0.15) is 0 Å². The van der Waals surface area contributed by atoms with Crippen molar-refractivity contribution in [1.29, 1.82) is 0 Å². The lowest BCUT2D eigenvalue weighted by Gasteiger charge is -2.17. The molecule has 0 saturated carbocycles. The van der Waals surface area contributed by atoms with E-state index in [9.17, 15) is 14.4 Å². The molecule has 0 bridgehead atoms. The molecular formula is C23H22N2O4S2. The standard InChI is InChI=1S/C23H22N2O4S2/c1-3-29-23(28)18-14(2)17(20(24)26)22(31-18)25-21(27)19(15-10-6-4-7-11-15)30-16-12-8-5-9-13-16/h4-13,19H,3H2,1-2H3,(H2,24,26)(H,25,27)/t19-/m1/s1. The van der Waals surface area contributed by atoms with Gasteiger partial charge in [-0.15, -0.1) is 23.1 Å². The molecule has 0 spiro atoms. The quantitative estimate of drug-likeness (QED) is 0.376. The molecule has 0 aliphatic rings. The number of hydrogen-bond donors (Lipinski definition) is 2. The number of rotatable bonds is 8. The van der Waals surface area contributed by atoms with Gasteiger partial charge in [0.1, 0.15) is 15.1 Å². The Kier molecular flexibility index (Phi) is 7.49. The summed E-state index contributed by atoms with van der Waals surface area (Å²) in [7, 11) is 0. The first-order chi connectivity index (χ1) is 14.9. The molecule has 6 nitrogen and oxygen atoms in total. The molecule has 0 saturated heterocycles. The second-order valence-electron chi connectivity index (χ2n) is 6.56. The van der Waals surface area contributed by atoms with Crippen LogP contribution >= 0.6 is 23.1 Å². The number of carbonyl (C=O) groups is 3. The second kappa shape index (κ2) is 10.3. The minimum Gasteiger partial charge on any atom is -0.462 e. The highest BCUT2D eigenvalue weighted by molar-refractivity contribution is 8.00. The predicted molar refractivity (Wildman–Crippen MR) is 124 cm³/mol. The molecule has 2 aromatic carbocycles. The van der Waals surface area contributed by atoms with Gasteiger partial charge in [-0.05, 0) is 37.1 Å². The van der Waals surface area contributed by atoms with Gasteiger partial charge in [-0.25, -0.2) is 4.79 Å². The fourth-order valence-electron chi connectivity index (χ4n) is 3.00. The number of thioether (sulfide) groups is 1. The van der Waals surface area contributed by atoms with E-state index < -0.39 is 17.1 Å². The molecule has 31 heavy (non-hydrogen) atoms. The van der Waals surface area contributed by atoms with E-state index >= 15 is 0 Å². The lowest BCUT2D eigenvalue weighted by atomic mass is 10.1. The Hall–Kier alpha value is -3.10. The Morgan fingerprint density at radius 3 is 2.26 bits per heavy atom. The Morgan fingerprint density at radius 2 is 1.68 bits per heavy atom. The molecule has 0 unspecified atom stereocenters. The van der Waals surface area contributed by atoms with E-state index in [2.05, 4.69) is 5.32 Å². The van der Waals surface area contributed by atoms with Gasteiger partial charge >= 0.3 is 5.97 Å². The number of primary amides is 1. The van der Waals surface area contributed by atoms with Crippen molar-refractivity contribution in [3.63, 3.8) is 0 Å². The van der Waals surface area contributed by atoms with E-state index in [1.807, 2.05) is 60.7 Å². The summed E-state index contributed by atoms with van der Waals surface area (Å²) in [6.45, 7) is 3.52. The zero-order valence-corrected chi connectivity index (χ0v) is 18.7. The van der Waals surface area contributed by atoms with Gasteiger partial charge in [0.25, 0.3) is 5.91 Å². The van der Waals surface area contributed by atoms with Crippen molar-refractivity contribution in [1.82, 2.24) is 0 Å². The zero-order valence-electron chi connectivity index (χ0n) is 17.1. The lowest BCUT2D eigenvalue weighted by molar-refractivity contribution is -0.115. The number of amides is 2. The summed E-state index contributed by atoms with van der Waals surface area (Å²) >= 11 is 2.39. The molecule has 0 aliphatic heterocycles. The van der Waals surface area contributed by atoms with Crippen molar-refractivity contribution in [3.8, 4) is 0 Å². The Balaban J connectivity index is 1.95. The number of carbonyl (C=O) groups excluding carboxylic acids is 3. The highest BCUT2D eigenvalue weighted by Crippen LogP contribution is 2.38. The molecule has 3 aromatic rings. The predicted octanol–water partition coefficient (Wildman–Crippen LogP) is 4.80. The highest BCUT2D eigenvalue weighted by atomic mass is 32.2. The van der Waals surface area contributed by atoms with E-state index in [-0.39, 0.29) is 28.0 Å². The van der Waals surface area contributed by atoms with Crippen LogP contribution in [0.15, 0.2) is 65.6 Å². The smallest absolute Gasteiger partial charge is 0.348 e. The van der Waals surface area contributed by atoms with Crippen molar-refractivity contribution in [2.75, 3.05) is 11.9 Å². The fourth-order valence-corrected chi connectivity index (χ4v) is 5.16. The average molecular weight is 455 g/mol. The number of nitrogens with one attached hydrogen (secondary N) is 1. The third-order valence-corrected chi connectivity index (χ3v) is 6.88. The third kappa shape index (κ3) is 5.34. The molecule has 0 radical (unpaired) electrons. The van der Waals surface area contributed by atoms with Crippen molar-refractivity contribution in [3.05, 3.63) is 82.2 Å². The monoisotopic (exact) mass is 454 g/mol. The summed E-state index contributed by atoms with van der Waals surface area (Å²) in [5, 5.41) is 2.49. The number of thiophene rings is 1. The molecule has 1 heterocycles. The van der Waals surface area contributed by atoms with Crippen molar-refractivity contribution in [2.45, 2.75) is 24.0 Å². The zero-order chi connectivity index (χ0) is 22.4. The van der Waals surface area contributed by atoms with Crippen LogP contribution in [0.1, 0.15) is 43.3 Å². The second-order valence-corrected chi connectivity index (χ2v) is 8.76. The van der Waals surface area contributed by atoms with Crippen LogP contribution in [0.2, 0.25) is 0 Å². The maximum absolute atomic E-state index is 13.3. The number of ether oxygens (including phenoxy) is 1. The molecule has 1 atom stereocenters. The Bertz CT molecular complexity index is 1080. The van der Waals surface area contributed by atoms with Gasteiger partial charge < -0.3 is 15.8 Å². The van der Waals surface area contributed by atoms with E-state index in [0.29, 0.717) is 5.56 Å². The number of hydrogen-bond acceptors (Lipinski definition) is 6. The first kappa shape index (κ1) is 22.6. The first-order valence-electron chi connectivity index (χ1n) is 9.60. The van der Waals surface area contributed by atoms with Crippen molar-refractivity contribution in [2.24, 2.45) is 5.73 Å². The number of benzene rings is 2. The molecule has 2 amide bonds. The van der Waals surface area contributed by atoms with Crippen LogP contribution in [0.25, 0.3) is 0 Å². The number of nitrogens with two attached hydrogens (primary N) is 1. The summed E-state index contributed by atoms with van der Waals surface area (Å²) < 4.78 is 5.06. The maximum atomic E-state index is 13.3. The number of anilines is 1. The summed E-state index contributed by atoms with van der Waals surface area (Å²) in [5.41, 5.74) is 6.89. The largest absolute Gasteiger partial charge is 0.462 e. The van der Waals surface area contributed by atoms with Gasteiger partial charge in [-0.1, -0.05) is 48.5 Å². The summed E-state index contributed by atoms with van der Waals surface area (Å²) in [5.74, 6) is -1.59. The van der Waals surface area contributed by atoms with E-state index in [1.165, 1.54) is 11.8 Å². The van der Waals surface area contributed by atoms with Crippen LogP contribution in [0.3, 0.4) is 0 Å². The SMILES string of the molecule is CCOC(=O)c1sc(NC(=O)[C@H](Sc2ccccc2)c2ccccc2)c(C(N)=O)c1C. The first-order valence-corrected chi connectivity index (χ1v) is 11.3. The van der Waals surface area contributed by atoms with E-state index in [1.54, 1.807) is 13.8 Å². The summed E-state index contributed by atoms with van der Waals surface area (Å²) in [6, 6.07) is 18.9. The van der Waals surface area contributed by atoms with Gasteiger partial charge in [0.05, 0.1) is 12.2 Å². The minimum atomic E-state index is -0.716. The van der Waals surface area contributed by atoms with Crippen LogP contribution in [0, 0.1) is 6.92 Å². The third-order valence-electron chi connectivity index (χ3n) is 4.43. The van der Waals surface area contributed by atoms with Gasteiger partial charge in [-0.3, -0.25) is 9.59 Å². The van der Waals surface area contributed by atoms with Gasteiger partial charge in [0, 0.05) is 4.90 Å². The van der Waals surface area contributed by atoms with Crippen LogP contribution in [-0.4, -0.2) is 24.4 Å². The Labute approximate surface area is 188 Å². The molecule has 0 aliphatic carbocycles. The lowest BCUT2D eigenvalue weighted by Crippen LogP contribution is -2.21. The molecule has 3 rings (SSSR count). The van der Waals surface area contributed by atoms with Crippen molar-refractivity contribution >= 4 is 45.9 Å². The molecule has 8 heteroatoms. The summed E-state index contributed by atoms with van der Waals surface area (Å²) in [6.07, 6.45) is 0. The van der Waals surface area contributed by atoms with Crippen LogP contribution in [-0.2, 0) is 9.53 Å². The normalized spacial score (nSPS) is 11.5. The van der Waals surface area contributed by atoms with Gasteiger partial charge in [0.2, 0.25) is 5.91 Å². The minimum absolute atomic E-state index is 0.123. The van der Waals surface area contributed by atoms with Crippen LogP contribution in [0.4, 0.5) is 5.00 Å². The highest BCUT2D eigenvalue weighted by Gasteiger charge is 2.28. The maximum Gasteiger partial charge on any atom is 0.348 e. The molecule has 160 valence electrons. The van der Waals surface area contributed by atoms with Crippen LogP contribution in [0.5, 0.6) is 0 Å². The number of esters is 1. The summed E-state index contributed by atoms with van der Waals surface area (Å²) in [4.78, 5) is 38.8. The fraction of sp³-hybridized carbons (Fsp3) is 0.174. The van der Waals surface area contributed by atoms with E-state index in [4.69, 9.17) is 10.5 Å². The molecule has 0 fully saturated rings. The Morgan fingerprint density at radius 1 is 1.06 bits per heavy atom. The van der Waals surface area contributed by atoms with Crippen molar-refractivity contribution < 1.29 is 19.1 Å². The van der Waals surface area contributed by atoms with Gasteiger partial charge in [0.15, 0.2) is 0 Å². The van der Waals surface area contributed by atoms with E-state index in [0.717, 1.165) is 21.8 Å². The molecular weight excluding hydrogens is 432 g/mol.